The molecule has 0 aromatic heterocycles. The third-order valence-corrected chi connectivity index (χ3v) is 8.52. The van der Waals surface area contributed by atoms with Crippen LogP contribution < -0.4 is 5.32 Å². The first-order chi connectivity index (χ1) is 16.7. The van der Waals surface area contributed by atoms with Crippen LogP contribution in [0.2, 0.25) is 0 Å². The largest absolute Gasteiger partial charge is 0.338 e. The monoisotopic (exact) mass is 498 g/mol. The van der Waals surface area contributed by atoms with Crippen LogP contribution in [0, 0.1) is 0 Å². The van der Waals surface area contributed by atoms with Crippen LogP contribution >= 0.6 is 0 Å². The minimum Gasteiger partial charge on any atom is -0.338 e. The minimum atomic E-state index is -3.64. The Morgan fingerprint density at radius 1 is 0.971 bits per heavy atom. The molecule has 35 heavy (non-hydrogen) atoms. The number of carbonyl (C=O) groups is 3. The molecule has 2 heterocycles. The van der Waals surface area contributed by atoms with Gasteiger partial charge in [-0.1, -0.05) is 55.8 Å². The summed E-state index contributed by atoms with van der Waals surface area (Å²) in [4.78, 5) is 41.4. The molecule has 0 radical (unpaired) electrons. The lowest BCUT2D eigenvalue weighted by molar-refractivity contribution is -0.139. The van der Waals surface area contributed by atoms with E-state index in [0.29, 0.717) is 5.56 Å². The van der Waals surface area contributed by atoms with Crippen molar-refractivity contribution in [1.82, 2.24) is 19.4 Å². The summed E-state index contributed by atoms with van der Waals surface area (Å²) in [6, 6.07) is 15.1. The van der Waals surface area contributed by atoms with Crippen LogP contribution in [0.4, 0.5) is 4.79 Å². The van der Waals surface area contributed by atoms with Crippen LogP contribution in [0.1, 0.15) is 31.4 Å². The van der Waals surface area contributed by atoms with E-state index in [4.69, 9.17) is 0 Å². The summed E-state index contributed by atoms with van der Waals surface area (Å²) >= 11 is 0. The minimum absolute atomic E-state index is 0.144. The number of rotatable bonds is 7. The fraction of sp³-hybridized carbons (Fsp3) is 0.400. The molecule has 186 valence electrons. The van der Waals surface area contributed by atoms with Gasteiger partial charge in [-0.25, -0.2) is 13.2 Å². The van der Waals surface area contributed by atoms with E-state index in [2.05, 4.69) is 12.2 Å². The SMILES string of the molecule is CCCc1ccc([C@]2(C)NC(=O)N(CC(=O)N3CCN(S(=O)(=O)c4ccccc4)CC3)C2=O)cc1. The van der Waals surface area contributed by atoms with Crippen LogP contribution in [0.3, 0.4) is 0 Å². The van der Waals surface area contributed by atoms with Crippen LogP contribution in [-0.4, -0.2) is 73.1 Å². The van der Waals surface area contributed by atoms with Gasteiger partial charge < -0.3 is 10.2 Å². The van der Waals surface area contributed by atoms with Gasteiger partial charge in [-0.15, -0.1) is 0 Å². The summed E-state index contributed by atoms with van der Waals surface area (Å²) in [6.07, 6.45) is 1.94. The summed E-state index contributed by atoms with van der Waals surface area (Å²) in [5.74, 6) is -0.878. The van der Waals surface area contributed by atoms with Crippen molar-refractivity contribution in [1.29, 1.82) is 0 Å². The molecule has 0 aliphatic carbocycles. The second kappa shape index (κ2) is 9.79. The third-order valence-electron chi connectivity index (χ3n) is 6.61. The number of nitrogens with zero attached hydrogens (tertiary/aromatic N) is 3. The summed E-state index contributed by atoms with van der Waals surface area (Å²) in [7, 11) is -3.64. The van der Waals surface area contributed by atoms with Gasteiger partial charge in [0.1, 0.15) is 12.1 Å². The Hall–Kier alpha value is -3.24. The van der Waals surface area contributed by atoms with Crippen LogP contribution in [-0.2, 0) is 31.6 Å². The Morgan fingerprint density at radius 3 is 2.20 bits per heavy atom. The van der Waals surface area contributed by atoms with E-state index in [1.807, 2.05) is 24.3 Å². The number of aryl methyl sites for hydroxylation is 1. The lowest BCUT2D eigenvalue weighted by Crippen LogP contribution is -2.53. The molecule has 0 bridgehead atoms. The molecule has 2 aliphatic rings. The zero-order valence-corrected chi connectivity index (χ0v) is 20.8. The first-order valence-electron chi connectivity index (χ1n) is 11.7. The van der Waals surface area contributed by atoms with Crippen molar-refractivity contribution in [3.8, 4) is 0 Å². The summed E-state index contributed by atoms with van der Waals surface area (Å²) < 4.78 is 27.0. The summed E-state index contributed by atoms with van der Waals surface area (Å²) in [5.41, 5.74) is 0.562. The fourth-order valence-electron chi connectivity index (χ4n) is 4.48. The van der Waals surface area contributed by atoms with E-state index in [-0.39, 0.29) is 37.6 Å². The maximum absolute atomic E-state index is 13.2. The Kier molecular flexibility index (Phi) is 6.95. The number of sulfonamides is 1. The van der Waals surface area contributed by atoms with Crippen molar-refractivity contribution < 1.29 is 22.8 Å². The maximum Gasteiger partial charge on any atom is 0.325 e. The lowest BCUT2D eigenvalue weighted by Gasteiger charge is -2.34. The molecule has 4 amide bonds. The van der Waals surface area contributed by atoms with Gasteiger partial charge in [0, 0.05) is 26.2 Å². The van der Waals surface area contributed by atoms with Gasteiger partial charge in [-0.2, -0.15) is 4.31 Å². The zero-order chi connectivity index (χ0) is 25.2. The molecule has 4 rings (SSSR count). The smallest absolute Gasteiger partial charge is 0.325 e. The Labute approximate surface area is 205 Å². The van der Waals surface area contributed by atoms with E-state index in [9.17, 15) is 22.8 Å². The molecule has 9 nitrogen and oxygen atoms in total. The number of urea groups is 1. The van der Waals surface area contributed by atoms with Crippen molar-refractivity contribution in [2.45, 2.75) is 37.1 Å². The van der Waals surface area contributed by atoms with E-state index in [1.54, 1.807) is 37.3 Å². The maximum atomic E-state index is 13.2. The molecule has 10 heteroatoms. The fourth-order valence-corrected chi connectivity index (χ4v) is 5.93. The van der Waals surface area contributed by atoms with Crippen LogP contribution in [0.25, 0.3) is 0 Å². The second-order valence-corrected chi connectivity index (χ2v) is 10.9. The van der Waals surface area contributed by atoms with Gasteiger partial charge in [0.15, 0.2) is 0 Å². The van der Waals surface area contributed by atoms with Gasteiger partial charge in [0.2, 0.25) is 15.9 Å². The highest BCUT2D eigenvalue weighted by atomic mass is 32.2. The predicted molar refractivity (Wildman–Crippen MR) is 130 cm³/mol. The molecule has 2 aromatic rings. The van der Waals surface area contributed by atoms with Crippen LogP contribution in [0.5, 0.6) is 0 Å². The molecule has 0 unspecified atom stereocenters. The number of imide groups is 1. The van der Waals surface area contributed by atoms with Gasteiger partial charge in [0.25, 0.3) is 5.91 Å². The van der Waals surface area contributed by atoms with Crippen molar-refractivity contribution in [2.75, 3.05) is 32.7 Å². The van der Waals surface area contributed by atoms with Crippen molar-refractivity contribution in [3.05, 3.63) is 65.7 Å². The second-order valence-electron chi connectivity index (χ2n) is 8.99. The van der Waals surface area contributed by atoms with Crippen molar-refractivity contribution in [3.63, 3.8) is 0 Å². The number of hydrogen-bond donors (Lipinski definition) is 1. The molecule has 0 spiro atoms. The van der Waals surface area contributed by atoms with Crippen molar-refractivity contribution in [2.24, 2.45) is 0 Å². The molecule has 1 atom stereocenters. The highest BCUT2D eigenvalue weighted by Gasteiger charge is 2.49. The Bertz CT molecular complexity index is 1210. The first-order valence-corrected chi connectivity index (χ1v) is 13.2. The number of piperazine rings is 1. The third kappa shape index (κ3) is 4.81. The Morgan fingerprint density at radius 2 is 1.60 bits per heavy atom. The highest BCUT2D eigenvalue weighted by Crippen LogP contribution is 2.29. The molecular formula is C25H30N4O5S. The van der Waals surface area contributed by atoms with E-state index < -0.39 is 33.4 Å². The van der Waals surface area contributed by atoms with E-state index in [1.165, 1.54) is 9.21 Å². The zero-order valence-electron chi connectivity index (χ0n) is 19.9. The molecule has 1 N–H and O–H groups in total. The number of carbonyl (C=O) groups excluding carboxylic acids is 3. The quantitative estimate of drug-likeness (QED) is 0.587. The van der Waals surface area contributed by atoms with Crippen molar-refractivity contribution >= 4 is 27.9 Å². The first kappa shape index (κ1) is 24.9. The Balaban J connectivity index is 1.39. The predicted octanol–water partition coefficient (Wildman–Crippen LogP) is 1.94. The molecule has 2 fully saturated rings. The van der Waals surface area contributed by atoms with Gasteiger partial charge in [-0.05, 0) is 36.6 Å². The highest BCUT2D eigenvalue weighted by molar-refractivity contribution is 7.89. The average molecular weight is 499 g/mol. The number of hydrogen-bond acceptors (Lipinski definition) is 5. The normalized spacial score (nSPS) is 21.3. The number of benzene rings is 2. The lowest BCUT2D eigenvalue weighted by atomic mass is 9.91. The molecule has 2 aromatic carbocycles. The standard InChI is InChI=1S/C25H30N4O5S/c1-3-7-19-10-12-20(13-11-19)25(2)23(31)29(24(32)26-25)18-22(30)27-14-16-28(17-15-27)35(33,34)21-8-5-4-6-9-21/h4-6,8-13H,3,7,14-18H2,1-2H3,(H,26,32)/t25-/m0/s1. The van der Waals surface area contributed by atoms with Gasteiger partial charge >= 0.3 is 6.03 Å². The molecule has 2 saturated heterocycles. The van der Waals surface area contributed by atoms with Gasteiger partial charge in [0.05, 0.1) is 4.90 Å². The molecule has 0 saturated carbocycles. The summed E-state index contributed by atoms with van der Waals surface area (Å²) in [6.45, 7) is 4.00. The topological polar surface area (TPSA) is 107 Å². The van der Waals surface area contributed by atoms with Gasteiger partial charge in [-0.3, -0.25) is 14.5 Å². The van der Waals surface area contributed by atoms with E-state index in [0.717, 1.165) is 23.3 Å². The molecular weight excluding hydrogens is 468 g/mol. The number of amides is 4. The van der Waals surface area contributed by atoms with E-state index >= 15 is 0 Å². The average Bonchev–Trinajstić information content (AvgIpc) is 3.09. The summed E-state index contributed by atoms with van der Waals surface area (Å²) in [5, 5.41) is 2.73. The van der Waals surface area contributed by atoms with Crippen LogP contribution in [0.15, 0.2) is 59.5 Å². The number of nitrogens with one attached hydrogen (secondary N) is 1. The molecule has 2 aliphatic heterocycles.